The SMILES string of the molecule is C=CCNC(=O)c1ccnc(CC#N)c1. The molecule has 0 radical (unpaired) electrons. The maximum Gasteiger partial charge on any atom is 0.251 e. The number of carbonyl (C=O) groups is 1. The van der Waals surface area contributed by atoms with Gasteiger partial charge in [-0.1, -0.05) is 6.08 Å². The average Bonchev–Trinajstić information content (AvgIpc) is 2.27. The van der Waals surface area contributed by atoms with Crippen LogP contribution in [0.5, 0.6) is 0 Å². The maximum atomic E-state index is 11.5. The summed E-state index contributed by atoms with van der Waals surface area (Å²) in [4.78, 5) is 15.5. The van der Waals surface area contributed by atoms with Crippen LogP contribution in [0.1, 0.15) is 16.1 Å². The van der Waals surface area contributed by atoms with Crippen molar-refractivity contribution in [2.45, 2.75) is 6.42 Å². The molecule has 15 heavy (non-hydrogen) atoms. The summed E-state index contributed by atoms with van der Waals surface area (Å²) in [5.74, 6) is -0.184. The zero-order valence-corrected chi connectivity index (χ0v) is 8.23. The van der Waals surface area contributed by atoms with Gasteiger partial charge in [0.2, 0.25) is 0 Å². The number of hydrogen-bond acceptors (Lipinski definition) is 3. The lowest BCUT2D eigenvalue weighted by Crippen LogP contribution is -2.23. The topological polar surface area (TPSA) is 65.8 Å². The lowest BCUT2D eigenvalue weighted by molar-refractivity contribution is 0.0958. The lowest BCUT2D eigenvalue weighted by Gasteiger charge is -2.02. The molecule has 0 bridgehead atoms. The van der Waals surface area contributed by atoms with E-state index in [1.54, 1.807) is 18.2 Å². The Morgan fingerprint density at radius 3 is 3.20 bits per heavy atom. The second-order valence-corrected chi connectivity index (χ2v) is 2.87. The van der Waals surface area contributed by atoms with Crippen molar-refractivity contribution < 1.29 is 4.79 Å². The normalized spacial score (nSPS) is 9.00. The Morgan fingerprint density at radius 1 is 1.73 bits per heavy atom. The van der Waals surface area contributed by atoms with Gasteiger partial charge in [0.25, 0.3) is 5.91 Å². The predicted molar refractivity (Wildman–Crippen MR) is 56.1 cm³/mol. The standard InChI is InChI=1S/C11H11N3O/c1-2-6-14-11(15)9-4-7-13-10(8-9)3-5-12/h2,4,7-8H,1,3,6H2,(H,14,15). The second-order valence-electron chi connectivity index (χ2n) is 2.87. The quantitative estimate of drug-likeness (QED) is 0.741. The highest BCUT2D eigenvalue weighted by Crippen LogP contribution is 2.02. The van der Waals surface area contributed by atoms with Crippen LogP contribution < -0.4 is 5.32 Å². The van der Waals surface area contributed by atoms with Crippen molar-refractivity contribution in [1.29, 1.82) is 5.26 Å². The Morgan fingerprint density at radius 2 is 2.53 bits per heavy atom. The van der Waals surface area contributed by atoms with Crippen LogP contribution in [-0.2, 0) is 6.42 Å². The lowest BCUT2D eigenvalue weighted by atomic mass is 10.2. The minimum Gasteiger partial charge on any atom is -0.349 e. The van der Waals surface area contributed by atoms with Gasteiger partial charge in [-0.3, -0.25) is 9.78 Å². The Labute approximate surface area is 88.3 Å². The third-order valence-corrected chi connectivity index (χ3v) is 1.75. The number of amides is 1. The van der Waals surface area contributed by atoms with Crippen LogP contribution in [0.15, 0.2) is 31.0 Å². The number of carbonyl (C=O) groups excluding carboxylic acids is 1. The largest absolute Gasteiger partial charge is 0.349 e. The Balaban J connectivity index is 2.76. The van der Waals surface area contributed by atoms with Gasteiger partial charge in [0.15, 0.2) is 0 Å². The molecule has 0 saturated heterocycles. The van der Waals surface area contributed by atoms with Gasteiger partial charge in [0, 0.05) is 18.3 Å². The number of nitrogens with zero attached hydrogens (tertiary/aromatic N) is 2. The van der Waals surface area contributed by atoms with Crippen molar-refractivity contribution in [3.8, 4) is 6.07 Å². The first kappa shape index (κ1) is 10.9. The summed E-state index contributed by atoms with van der Waals surface area (Å²) >= 11 is 0. The molecule has 4 nitrogen and oxygen atoms in total. The molecule has 0 saturated carbocycles. The van der Waals surface area contributed by atoms with Gasteiger partial charge in [0.1, 0.15) is 0 Å². The first-order valence-corrected chi connectivity index (χ1v) is 4.49. The zero-order valence-electron chi connectivity index (χ0n) is 8.23. The number of aromatic nitrogens is 1. The fourth-order valence-corrected chi connectivity index (χ4v) is 1.06. The molecule has 0 aromatic carbocycles. The van der Waals surface area contributed by atoms with E-state index < -0.39 is 0 Å². The summed E-state index contributed by atoms with van der Waals surface area (Å²) < 4.78 is 0. The van der Waals surface area contributed by atoms with Gasteiger partial charge in [-0.25, -0.2) is 0 Å². The molecule has 4 heteroatoms. The summed E-state index contributed by atoms with van der Waals surface area (Å²) in [5, 5.41) is 11.1. The van der Waals surface area contributed by atoms with Gasteiger partial charge < -0.3 is 5.32 Å². The summed E-state index contributed by atoms with van der Waals surface area (Å²) in [6.45, 7) is 3.93. The van der Waals surface area contributed by atoms with Crippen LogP contribution in [0.25, 0.3) is 0 Å². The molecule has 1 aromatic rings. The van der Waals surface area contributed by atoms with Crippen molar-refractivity contribution in [1.82, 2.24) is 10.3 Å². The maximum absolute atomic E-state index is 11.5. The highest BCUT2D eigenvalue weighted by atomic mass is 16.1. The Kier molecular flexibility index (Phi) is 4.05. The molecule has 1 rings (SSSR count). The molecule has 76 valence electrons. The zero-order chi connectivity index (χ0) is 11.1. The fourth-order valence-electron chi connectivity index (χ4n) is 1.06. The Bertz CT molecular complexity index is 407. The molecule has 0 spiro atoms. The summed E-state index contributed by atoms with van der Waals surface area (Å²) in [6.07, 6.45) is 3.34. The van der Waals surface area contributed by atoms with Crippen molar-refractivity contribution in [2.75, 3.05) is 6.54 Å². The van der Waals surface area contributed by atoms with E-state index in [0.29, 0.717) is 17.8 Å². The molecule has 1 N–H and O–H groups in total. The average molecular weight is 201 g/mol. The van der Waals surface area contributed by atoms with Crippen LogP contribution >= 0.6 is 0 Å². The molecule has 0 aliphatic carbocycles. The van der Waals surface area contributed by atoms with Crippen LogP contribution in [0.3, 0.4) is 0 Å². The third-order valence-electron chi connectivity index (χ3n) is 1.75. The van der Waals surface area contributed by atoms with Crippen molar-refractivity contribution >= 4 is 5.91 Å². The third kappa shape index (κ3) is 3.24. The van der Waals surface area contributed by atoms with E-state index in [9.17, 15) is 4.79 Å². The van der Waals surface area contributed by atoms with Crippen LogP contribution in [-0.4, -0.2) is 17.4 Å². The van der Waals surface area contributed by atoms with Gasteiger partial charge in [-0.2, -0.15) is 5.26 Å². The van der Waals surface area contributed by atoms with E-state index in [1.807, 2.05) is 6.07 Å². The molecule has 1 heterocycles. The molecule has 0 unspecified atom stereocenters. The highest BCUT2D eigenvalue weighted by Gasteiger charge is 2.04. The number of rotatable bonds is 4. The smallest absolute Gasteiger partial charge is 0.251 e. The van der Waals surface area contributed by atoms with Crippen molar-refractivity contribution in [2.24, 2.45) is 0 Å². The van der Waals surface area contributed by atoms with Crippen LogP contribution in [0, 0.1) is 11.3 Å². The van der Waals surface area contributed by atoms with Crippen molar-refractivity contribution in [3.05, 3.63) is 42.2 Å². The minimum atomic E-state index is -0.184. The minimum absolute atomic E-state index is 0.184. The summed E-state index contributed by atoms with van der Waals surface area (Å²) in [7, 11) is 0. The van der Waals surface area contributed by atoms with Crippen molar-refractivity contribution in [3.63, 3.8) is 0 Å². The first-order valence-electron chi connectivity index (χ1n) is 4.49. The number of nitrogens with one attached hydrogen (secondary N) is 1. The number of pyridine rings is 1. The molecule has 0 atom stereocenters. The summed E-state index contributed by atoms with van der Waals surface area (Å²) in [5.41, 5.74) is 1.11. The van der Waals surface area contributed by atoms with E-state index in [0.717, 1.165) is 0 Å². The number of hydrogen-bond donors (Lipinski definition) is 1. The molecule has 0 fully saturated rings. The molecule has 1 aromatic heterocycles. The van der Waals surface area contributed by atoms with E-state index in [1.165, 1.54) is 6.20 Å². The highest BCUT2D eigenvalue weighted by molar-refractivity contribution is 5.94. The second kappa shape index (κ2) is 5.55. The molecule has 0 aliphatic heterocycles. The molecular weight excluding hydrogens is 190 g/mol. The van der Waals surface area contributed by atoms with Crippen LogP contribution in [0.4, 0.5) is 0 Å². The molecule has 1 amide bonds. The van der Waals surface area contributed by atoms with Gasteiger partial charge in [0.05, 0.1) is 18.2 Å². The monoisotopic (exact) mass is 201 g/mol. The predicted octanol–water partition coefficient (Wildman–Crippen LogP) is 1.06. The Hall–Kier alpha value is -2.15. The van der Waals surface area contributed by atoms with Crippen LogP contribution in [0.2, 0.25) is 0 Å². The van der Waals surface area contributed by atoms with Gasteiger partial charge >= 0.3 is 0 Å². The molecule has 0 aliphatic rings. The van der Waals surface area contributed by atoms with E-state index in [2.05, 4.69) is 16.9 Å². The van der Waals surface area contributed by atoms with Gasteiger partial charge in [-0.15, -0.1) is 6.58 Å². The van der Waals surface area contributed by atoms with E-state index in [-0.39, 0.29) is 12.3 Å². The molecular formula is C11H11N3O. The first-order chi connectivity index (χ1) is 7.27. The van der Waals surface area contributed by atoms with Gasteiger partial charge in [-0.05, 0) is 12.1 Å². The summed E-state index contributed by atoms with van der Waals surface area (Å²) in [6, 6.07) is 5.21. The van der Waals surface area contributed by atoms with E-state index >= 15 is 0 Å². The number of nitriles is 1. The van der Waals surface area contributed by atoms with E-state index in [4.69, 9.17) is 5.26 Å². The fraction of sp³-hybridized carbons (Fsp3) is 0.182.